The van der Waals surface area contributed by atoms with Crippen LogP contribution in [0.2, 0.25) is 0 Å². The first kappa shape index (κ1) is 14.9. The average molecular weight is 291 g/mol. The Morgan fingerprint density at radius 1 is 1.14 bits per heavy atom. The van der Waals surface area contributed by atoms with Gasteiger partial charge in [0.05, 0.1) is 31.3 Å². The molecule has 0 aliphatic carbocycles. The molecule has 0 atom stereocenters. The van der Waals surface area contributed by atoms with E-state index < -0.39 is 10.7 Å². The second-order valence-electron chi connectivity index (χ2n) is 4.37. The zero-order valence-electron chi connectivity index (χ0n) is 11.4. The van der Waals surface area contributed by atoms with E-state index >= 15 is 0 Å². The SMILES string of the molecule is COc1ccc(COCc2ccc([N+](=O)[O-])cc2F)cc1. The molecule has 0 saturated carbocycles. The number of non-ortho nitro benzene ring substituents is 1. The number of hydrogen-bond donors (Lipinski definition) is 0. The lowest BCUT2D eigenvalue weighted by Gasteiger charge is -2.06. The standard InChI is InChI=1S/C15H14FNO4/c1-20-14-6-2-11(3-7-14)9-21-10-12-4-5-13(17(18)19)8-15(12)16/h2-8H,9-10H2,1H3. The van der Waals surface area contributed by atoms with E-state index in [0.717, 1.165) is 17.4 Å². The minimum atomic E-state index is -0.640. The van der Waals surface area contributed by atoms with Crippen LogP contribution in [0.5, 0.6) is 5.75 Å². The molecule has 2 aromatic carbocycles. The molecular formula is C15H14FNO4. The third-order valence-corrected chi connectivity index (χ3v) is 2.93. The van der Waals surface area contributed by atoms with Gasteiger partial charge in [-0.25, -0.2) is 4.39 Å². The molecule has 0 aliphatic rings. The van der Waals surface area contributed by atoms with Crippen molar-refractivity contribution < 1.29 is 18.8 Å². The Bertz CT molecular complexity index is 628. The van der Waals surface area contributed by atoms with E-state index in [9.17, 15) is 14.5 Å². The van der Waals surface area contributed by atoms with Crippen LogP contribution in [0.4, 0.5) is 10.1 Å². The van der Waals surface area contributed by atoms with E-state index in [1.165, 1.54) is 12.1 Å². The van der Waals surface area contributed by atoms with Gasteiger partial charge in [0.2, 0.25) is 0 Å². The number of hydrogen-bond acceptors (Lipinski definition) is 4. The normalized spacial score (nSPS) is 10.4. The summed E-state index contributed by atoms with van der Waals surface area (Å²) in [5.41, 5.74) is 0.943. The smallest absolute Gasteiger partial charge is 0.272 e. The van der Waals surface area contributed by atoms with Gasteiger partial charge in [0.1, 0.15) is 11.6 Å². The maximum Gasteiger partial charge on any atom is 0.272 e. The van der Waals surface area contributed by atoms with Gasteiger partial charge in [-0.15, -0.1) is 0 Å². The number of ether oxygens (including phenoxy) is 2. The van der Waals surface area contributed by atoms with Gasteiger partial charge in [0, 0.05) is 11.6 Å². The van der Waals surface area contributed by atoms with Crippen molar-refractivity contribution in [1.82, 2.24) is 0 Å². The fourth-order valence-corrected chi connectivity index (χ4v) is 1.77. The molecule has 0 radical (unpaired) electrons. The molecule has 0 spiro atoms. The average Bonchev–Trinajstić information content (AvgIpc) is 2.49. The molecule has 0 aliphatic heterocycles. The second kappa shape index (κ2) is 6.81. The molecule has 0 heterocycles. The van der Waals surface area contributed by atoms with Gasteiger partial charge in [0.25, 0.3) is 5.69 Å². The molecule has 110 valence electrons. The second-order valence-corrected chi connectivity index (χ2v) is 4.37. The van der Waals surface area contributed by atoms with Crippen LogP contribution in [0.25, 0.3) is 0 Å². The van der Waals surface area contributed by atoms with E-state index in [-0.39, 0.29) is 17.9 Å². The van der Waals surface area contributed by atoms with E-state index in [4.69, 9.17) is 9.47 Å². The first-order valence-corrected chi connectivity index (χ1v) is 6.23. The molecule has 21 heavy (non-hydrogen) atoms. The first-order valence-electron chi connectivity index (χ1n) is 6.23. The van der Waals surface area contributed by atoms with Gasteiger partial charge < -0.3 is 9.47 Å². The van der Waals surface area contributed by atoms with Gasteiger partial charge in [-0.05, 0) is 23.8 Å². The van der Waals surface area contributed by atoms with Crippen molar-refractivity contribution in [2.45, 2.75) is 13.2 Å². The predicted octanol–water partition coefficient (Wildman–Crippen LogP) is 3.46. The van der Waals surface area contributed by atoms with Crippen molar-refractivity contribution in [3.8, 4) is 5.75 Å². The van der Waals surface area contributed by atoms with Crippen molar-refractivity contribution in [2.75, 3.05) is 7.11 Å². The molecule has 0 amide bonds. The van der Waals surface area contributed by atoms with E-state index in [1.807, 2.05) is 24.3 Å². The molecule has 6 heteroatoms. The highest BCUT2D eigenvalue weighted by atomic mass is 19.1. The van der Waals surface area contributed by atoms with Crippen LogP contribution in [0.1, 0.15) is 11.1 Å². The Balaban J connectivity index is 1.92. The lowest BCUT2D eigenvalue weighted by molar-refractivity contribution is -0.385. The number of nitrogens with zero attached hydrogens (tertiary/aromatic N) is 1. The van der Waals surface area contributed by atoms with Crippen molar-refractivity contribution in [1.29, 1.82) is 0 Å². The van der Waals surface area contributed by atoms with Crippen LogP contribution in [0.3, 0.4) is 0 Å². The summed E-state index contributed by atoms with van der Waals surface area (Å²) in [6.45, 7) is 0.371. The molecule has 0 bridgehead atoms. The lowest BCUT2D eigenvalue weighted by Crippen LogP contribution is -1.98. The van der Waals surface area contributed by atoms with Crippen LogP contribution in [0, 0.1) is 15.9 Å². The van der Waals surface area contributed by atoms with Crippen molar-refractivity contribution in [3.05, 3.63) is 69.5 Å². The Morgan fingerprint density at radius 3 is 2.43 bits per heavy atom. The van der Waals surface area contributed by atoms with Crippen molar-refractivity contribution in [3.63, 3.8) is 0 Å². The molecule has 5 nitrogen and oxygen atoms in total. The fraction of sp³-hybridized carbons (Fsp3) is 0.200. The van der Waals surface area contributed by atoms with Gasteiger partial charge in [-0.2, -0.15) is 0 Å². The zero-order chi connectivity index (χ0) is 15.2. The molecule has 0 fully saturated rings. The monoisotopic (exact) mass is 291 g/mol. The fourth-order valence-electron chi connectivity index (χ4n) is 1.77. The highest BCUT2D eigenvalue weighted by Gasteiger charge is 2.10. The number of rotatable bonds is 6. The first-order chi connectivity index (χ1) is 10.1. The highest BCUT2D eigenvalue weighted by Crippen LogP contribution is 2.18. The Kier molecular flexibility index (Phi) is 4.84. The Morgan fingerprint density at radius 2 is 1.86 bits per heavy atom. The molecule has 2 aromatic rings. The van der Waals surface area contributed by atoms with E-state index in [0.29, 0.717) is 6.61 Å². The number of halogens is 1. The summed E-state index contributed by atoms with van der Waals surface area (Å²) >= 11 is 0. The van der Waals surface area contributed by atoms with Gasteiger partial charge in [-0.3, -0.25) is 10.1 Å². The maximum atomic E-state index is 13.6. The van der Waals surface area contributed by atoms with E-state index in [1.54, 1.807) is 7.11 Å². The van der Waals surface area contributed by atoms with Crippen molar-refractivity contribution >= 4 is 5.69 Å². The summed E-state index contributed by atoms with van der Waals surface area (Å²) in [4.78, 5) is 9.88. The molecule has 0 N–H and O–H groups in total. The maximum absolute atomic E-state index is 13.6. The number of nitro benzene ring substituents is 1. The lowest BCUT2D eigenvalue weighted by atomic mass is 10.2. The molecule has 2 rings (SSSR count). The minimum absolute atomic E-state index is 0.0514. The summed E-state index contributed by atoms with van der Waals surface area (Å²) in [6, 6.07) is 10.8. The van der Waals surface area contributed by atoms with Crippen LogP contribution in [-0.2, 0) is 18.0 Å². The third-order valence-electron chi connectivity index (χ3n) is 2.93. The summed E-state index contributed by atoms with van der Waals surface area (Å²) < 4.78 is 24.1. The molecule has 0 aromatic heterocycles. The summed E-state index contributed by atoms with van der Waals surface area (Å²) in [6.07, 6.45) is 0. The molecule has 0 saturated heterocycles. The third kappa shape index (κ3) is 4.00. The van der Waals surface area contributed by atoms with Crippen LogP contribution >= 0.6 is 0 Å². The van der Waals surface area contributed by atoms with Crippen LogP contribution in [-0.4, -0.2) is 12.0 Å². The minimum Gasteiger partial charge on any atom is -0.497 e. The zero-order valence-corrected chi connectivity index (χ0v) is 11.4. The summed E-state index contributed by atoms with van der Waals surface area (Å²) in [5, 5.41) is 10.5. The Hall–Kier alpha value is -2.47. The van der Waals surface area contributed by atoms with Gasteiger partial charge in [-0.1, -0.05) is 12.1 Å². The van der Waals surface area contributed by atoms with Crippen molar-refractivity contribution in [2.24, 2.45) is 0 Å². The summed E-state index contributed by atoms with van der Waals surface area (Å²) in [5.74, 6) is 0.110. The molecule has 0 unspecified atom stereocenters. The largest absolute Gasteiger partial charge is 0.497 e. The van der Waals surface area contributed by atoms with Crippen LogP contribution in [0.15, 0.2) is 42.5 Å². The molecular weight excluding hydrogens is 277 g/mol. The Labute approximate surface area is 121 Å². The van der Waals surface area contributed by atoms with E-state index in [2.05, 4.69) is 0 Å². The topological polar surface area (TPSA) is 61.6 Å². The van der Waals surface area contributed by atoms with Gasteiger partial charge in [0.15, 0.2) is 0 Å². The number of benzene rings is 2. The number of methoxy groups -OCH3 is 1. The highest BCUT2D eigenvalue weighted by molar-refractivity contribution is 5.34. The van der Waals surface area contributed by atoms with Crippen LogP contribution < -0.4 is 4.74 Å². The quantitative estimate of drug-likeness (QED) is 0.604. The van der Waals surface area contributed by atoms with Gasteiger partial charge >= 0.3 is 0 Å². The number of nitro groups is 1. The predicted molar refractivity (Wildman–Crippen MR) is 74.5 cm³/mol. The summed E-state index contributed by atoms with van der Waals surface area (Å²) in [7, 11) is 1.59.